The molecule has 0 aliphatic heterocycles. The molecule has 0 radical (unpaired) electrons. The standard InChI is InChI=1S/C22H28NO4P/c1-5-23(6-2)19(21(24)26-3)20(22(25)27-4)28(17-13-9-7-10-14-17)18-15-11-8-12-16-18/h7-16,19-20H,5-6H2,1-4H3/t19-,20-/m0/s1. The highest BCUT2D eigenvalue weighted by Gasteiger charge is 2.44. The maximum absolute atomic E-state index is 13.1. The van der Waals surface area contributed by atoms with Gasteiger partial charge in [0.05, 0.1) is 14.2 Å². The highest BCUT2D eigenvalue weighted by atomic mass is 31.1. The molecule has 6 heteroatoms. The molecule has 0 aliphatic rings. The predicted molar refractivity (Wildman–Crippen MR) is 114 cm³/mol. The van der Waals surface area contributed by atoms with Crippen molar-refractivity contribution in [1.29, 1.82) is 0 Å². The van der Waals surface area contributed by atoms with Crippen molar-refractivity contribution in [3.05, 3.63) is 60.7 Å². The van der Waals surface area contributed by atoms with E-state index >= 15 is 0 Å². The summed E-state index contributed by atoms with van der Waals surface area (Å²) in [5.74, 6) is -0.820. The van der Waals surface area contributed by atoms with Crippen LogP contribution in [0.15, 0.2) is 60.7 Å². The van der Waals surface area contributed by atoms with E-state index < -0.39 is 31.6 Å². The van der Waals surface area contributed by atoms with Crippen LogP contribution >= 0.6 is 7.92 Å². The number of likely N-dealkylation sites (N-methyl/N-ethyl adjacent to an activating group) is 1. The largest absolute Gasteiger partial charge is 0.468 e. The number of nitrogens with zero attached hydrogens (tertiary/aromatic N) is 1. The molecule has 0 saturated heterocycles. The van der Waals surface area contributed by atoms with Crippen molar-refractivity contribution >= 4 is 30.5 Å². The van der Waals surface area contributed by atoms with Crippen LogP contribution in [-0.2, 0) is 19.1 Å². The summed E-state index contributed by atoms with van der Waals surface area (Å²) in [4.78, 5) is 27.9. The third-order valence-corrected chi connectivity index (χ3v) is 7.50. The summed E-state index contributed by atoms with van der Waals surface area (Å²) in [5.41, 5.74) is -0.683. The molecule has 0 heterocycles. The number of methoxy groups -OCH3 is 2. The Bertz CT molecular complexity index is 710. The third-order valence-electron chi connectivity index (χ3n) is 4.74. The lowest BCUT2D eigenvalue weighted by molar-refractivity contribution is -0.152. The van der Waals surface area contributed by atoms with Gasteiger partial charge >= 0.3 is 11.9 Å². The molecule has 2 rings (SSSR count). The van der Waals surface area contributed by atoms with Gasteiger partial charge in [0.2, 0.25) is 0 Å². The number of carbonyl (C=O) groups is 2. The Morgan fingerprint density at radius 3 is 1.61 bits per heavy atom. The van der Waals surface area contributed by atoms with E-state index in [4.69, 9.17) is 9.47 Å². The molecule has 2 atom stereocenters. The summed E-state index contributed by atoms with van der Waals surface area (Å²) in [7, 11) is 1.53. The molecule has 150 valence electrons. The third kappa shape index (κ3) is 4.98. The molecular formula is C22H28NO4P. The van der Waals surface area contributed by atoms with Gasteiger partial charge in [0.1, 0.15) is 11.7 Å². The molecule has 0 unspecified atom stereocenters. The van der Waals surface area contributed by atoms with Crippen LogP contribution < -0.4 is 10.6 Å². The number of rotatable bonds is 9. The van der Waals surface area contributed by atoms with E-state index in [0.717, 1.165) is 10.6 Å². The first-order valence-corrected chi connectivity index (χ1v) is 10.8. The summed E-state index contributed by atoms with van der Waals surface area (Å²) in [6.45, 7) is 5.19. The van der Waals surface area contributed by atoms with E-state index in [1.54, 1.807) is 0 Å². The summed E-state index contributed by atoms with van der Waals surface area (Å²) >= 11 is 0. The SMILES string of the molecule is CCN(CC)[C@H](C(=O)OC)[C@@H](C(=O)OC)P(c1ccccc1)c1ccccc1. The molecule has 0 fully saturated rings. The van der Waals surface area contributed by atoms with Crippen molar-refractivity contribution in [2.45, 2.75) is 25.5 Å². The van der Waals surface area contributed by atoms with E-state index in [1.807, 2.05) is 79.4 Å². The number of ether oxygens (including phenoxy) is 2. The number of hydrogen-bond acceptors (Lipinski definition) is 5. The van der Waals surface area contributed by atoms with Crippen molar-refractivity contribution in [2.24, 2.45) is 0 Å². The van der Waals surface area contributed by atoms with E-state index in [2.05, 4.69) is 0 Å². The lowest BCUT2D eigenvalue weighted by atomic mass is 10.1. The lowest BCUT2D eigenvalue weighted by Gasteiger charge is -2.37. The van der Waals surface area contributed by atoms with Crippen LogP contribution in [0.4, 0.5) is 0 Å². The molecule has 28 heavy (non-hydrogen) atoms. The summed E-state index contributed by atoms with van der Waals surface area (Å²) in [6.07, 6.45) is 0. The van der Waals surface area contributed by atoms with Gasteiger partial charge in [-0.2, -0.15) is 0 Å². The molecule has 5 nitrogen and oxygen atoms in total. The first-order chi connectivity index (χ1) is 13.6. The smallest absolute Gasteiger partial charge is 0.324 e. The Hall–Kier alpha value is -2.23. The molecule has 0 saturated carbocycles. The number of carbonyl (C=O) groups excluding carboxylic acids is 2. The van der Waals surface area contributed by atoms with Crippen LogP contribution in [-0.4, -0.2) is 55.8 Å². The zero-order valence-corrected chi connectivity index (χ0v) is 17.8. The maximum Gasteiger partial charge on any atom is 0.324 e. The van der Waals surface area contributed by atoms with Gasteiger partial charge in [-0.15, -0.1) is 0 Å². The fourth-order valence-electron chi connectivity index (χ4n) is 3.36. The van der Waals surface area contributed by atoms with E-state index in [-0.39, 0.29) is 0 Å². The topological polar surface area (TPSA) is 55.8 Å². The van der Waals surface area contributed by atoms with E-state index in [1.165, 1.54) is 14.2 Å². The van der Waals surface area contributed by atoms with Crippen molar-refractivity contribution in [2.75, 3.05) is 27.3 Å². The second-order valence-electron chi connectivity index (χ2n) is 6.20. The Morgan fingerprint density at radius 1 is 0.821 bits per heavy atom. The second kappa shape index (κ2) is 10.9. The summed E-state index contributed by atoms with van der Waals surface area (Å²) in [5, 5.41) is 2.03. The van der Waals surface area contributed by atoms with Crippen molar-refractivity contribution in [3.63, 3.8) is 0 Å². The van der Waals surface area contributed by atoms with Crippen molar-refractivity contribution < 1.29 is 19.1 Å². The van der Waals surface area contributed by atoms with Gasteiger partial charge in [-0.3, -0.25) is 14.5 Å². The van der Waals surface area contributed by atoms with Gasteiger partial charge in [-0.1, -0.05) is 74.5 Å². The fourth-order valence-corrected chi connectivity index (χ4v) is 6.20. The first-order valence-electron chi connectivity index (χ1n) is 9.38. The van der Waals surface area contributed by atoms with Gasteiger partial charge in [0.15, 0.2) is 0 Å². The molecule has 0 bridgehead atoms. The number of hydrogen-bond donors (Lipinski definition) is 0. The van der Waals surface area contributed by atoms with Crippen LogP contribution in [0.5, 0.6) is 0 Å². The van der Waals surface area contributed by atoms with E-state index in [0.29, 0.717) is 13.1 Å². The molecule has 0 aromatic heterocycles. The van der Waals surface area contributed by atoms with Gasteiger partial charge in [-0.05, 0) is 31.6 Å². The normalized spacial score (nSPS) is 13.2. The average Bonchev–Trinajstić information content (AvgIpc) is 2.76. The van der Waals surface area contributed by atoms with Gasteiger partial charge in [0.25, 0.3) is 0 Å². The number of benzene rings is 2. The highest BCUT2D eigenvalue weighted by Crippen LogP contribution is 2.43. The van der Waals surface area contributed by atoms with Crippen molar-refractivity contribution in [1.82, 2.24) is 4.90 Å². The summed E-state index contributed by atoms with van der Waals surface area (Å²) < 4.78 is 10.3. The Morgan fingerprint density at radius 2 is 1.25 bits per heavy atom. The molecule has 0 spiro atoms. The monoisotopic (exact) mass is 401 g/mol. The second-order valence-corrected chi connectivity index (χ2v) is 8.53. The summed E-state index contributed by atoms with van der Waals surface area (Å²) in [6, 6.07) is 19.0. The van der Waals surface area contributed by atoms with Crippen LogP contribution in [0, 0.1) is 0 Å². The minimum absolute atomic E-state index is 0.402. The van der Waals surface area contributed by atoms with Crippen LogP contribution in [0.25, 0.3) is 0 Å². The lowest BCUT2D eigenvalue weighted by Crippen LogP contribution is -2.53. The Labute approximate surface area is 168 Å². The number of esters is 2. The quantitative estimate of drug-likeness (QED) is 0.478. The Kier molecular flexibility index (Phi) is 8.62. The molecule has 2 aromatic carbocycles. The van der Waals surface area contributed by atoms with Crippen LogP contribution in [0.3, 0.4) is 0 Å². The zero-order chi connectivity index (χ0) is 20.5. The molecule has 0 amide bonds. The van der Waals surface area contributed by atoms with E-state index in [9.17, 15) is 9.59 Å². The zero-order valence-electron chi connectivity index (χ0n) is 16.9. The maximum atomic E-state index is 13.1. The van der Waals surface area contributed by atoms with Gasteiger partial charge in [0, 0.05) is 0 Å². The molecule has 2 aromatic rings. The minimum atomic E-state index is -1.20. The first kappa shape index (κ1) is 22.1. The molecular weight excluding hydrogens is 373 g/mol. The average molecular weight is 401 g/mol. The van der Waals surface area contributed by atoms with Crippen LogP contribution in [0.2, 0.25) is 0 Å². The molecule has 0 aliphatic carbocycles. The highest BCUT2D eigenvalue weighted by molar-refractivity contribution is 7.74. The predicted octanol–water partition coefficient (Wildman–Crippen LogP) is 2.54. The fraction of sp³-hybridized carbons (Fsp3) is 0.364. The van der Waals surface area contributed by atoms with Gasteiger partial charge in [-0.25, -0.2) is 0 Å². The minimum Gasteiger partial charge on any atom is -0.468 e. The van der Waals surface area contributed by atoms with Crippen molar-refractivity contribution in [3.8, 4) is 0 Å². The molecule has 0 N–H and O–H groups in total. The van der Waals surface area contributed by atoms with Gasteiger partial charge < -0.3 is 9.47 Å². The van der Waals surface area contributed by atoms with Crippen LogP contribution in [0.1, 0.15) is 13.8 Å². The Balaban J connectivity index is 2.69.